The van der Waals surface area contributed by atoms with Crippen LogP contribution in [0, 0.1) is 0 Å². The quantitative estimate of drug-likeness (QED) is 0.777. The van der Waals surface area contributed by atoms with Crippen molar-refractivity contribution >= 4 is 23.5 Å². The maximum absolute atomic E-state index is 12.5. The fourth-order valence-corrected chi connectivity index (χ4v) is 3.83. The molecule has 0 amide bonds. The van der Waals surface area contributed by atoms with Gasteiger partial charge in [-0.05, 0) is 37.6 Å². The van der Waals surface area contributed by atoms with Gasteiger partial charge in [-0.2, -0.15) is 0 Å². The summed E-state index contributed by atoms with van der Waals surface area (Å²) in [6.07, 6.45) is 0. The first-order valence-electron chi connectivity index (χ1n) is 5.57. The molecule has 0 saturated heterocycles. The zero-order valence-electron chi connectivity index (χ0n) is 10.3. The molecule has 0 spiro atoms. The van der Waals surface area contributed by atoms with E-state index in [0.717, 1.165) is 0 Å². The molecule has 0 heterocycles. The third-order valence-electron chi connectivity index (χ3n) is 2.26. The summed E-state index contributed by atoms with van der Waals surface area (Å²) in [7, 11) is -3.44. The molecule has 1 rings (SSSR count). The van der Waals surface area contributed by atoms with Crippen molar-refractivity contribution in [1.82, 2.24) is 0 Å². The monoisotopic (exact) mass is 337 g/mol. The lowest BCUT2D eigenvalue weighted by Crippen LogP contribution is -2.15. The first-order valence-corrected chi connectivity index (χ1v) is 7.97. The summed E-state index contributed by atoms with van der Waals surface area (Å²) in [6, 6.07) is 4.58. The SMILES string of the molecule is CCOP(=O)(OCC)[C@@H](N)c1cc(O)ccc1Br. The molecule has 5 nitrogen and oxygen atoms in total. The van der Waals surface area contributed by atoms with Gasteiger partial charge in [-0.1, -0.05) is 15.9 Å². The molecule has 7 heteroatoms. The van der Waals surface area contributed by atoms with Gasteiger partial charge < -0.3 is 19.9 Å². The Hall–Kier alpha value is -0.390. The number of aromatic hydroxyl groups is 1. The Morgan fingerprint density at radius 1 is 1.39 bits per heavy atom. The third kappa shape index (κ3) is 3.56. The second kappa shape index (κ2) is 6.68. The van der Waals surface area contributed by atoms with Crippen molar-refractivity contribution in [2.24, 2.45) is 5.73 Å². The standard InChI is InChI=1S/C11H17BrNO4P/c1-3-16-18(15,17-4-2)11(13)9-7-8(14)5-6-10(9)12/h5-7,11,14H,3-4,13H2,1-2H3/t11-/m1/s1. The van der Waals surface area contributed by atoms with Crippen LogP contribution in [0.4, 0.5) is 0 Å². The van der Waals surface area contributed by atoms with E-state index in [9.17, 15) is 9.67 Å². The molecule has 0 aliphatic heterocycles. The first kappa shape index (κ1) is 15.7. The van der Waals surface area contributed by atoms with E-state index in [1.54, 1.807) is 19.9 Å². The predicted octanol–water partition coefficient (Wildman–Crippen LogP) is 3.38. The van der Waals surface area contributed by atoms with Crippen LogP contribution in [0.25, 0.3) is 0 Å². The van der Waals surface area contributed by atoms with Gasteiger partial charge in [0.1, 0.15) is 11.5 Å². The van der Waals surface area contributed by atoms with Crippen molar-refractivity contribution in [2.75, 3.05) is 13.2 Å². The van der Waals surface area contributed by atoms with Crippen LogP contribution in [-0.2, 0) is 13.6 Å². The smallest absolute Gasteiger partial charge is 0.351 e. The van der Waals surface area contributed by atoms with Gasteiger partial charge in [0.2, 0.25) is 0 Å². The van der Waals surface area contributed by atoms with Crippen LogP contribution in [-0.4, -0.2) is 18.3 Å². The summed E-state index contributed by atoms with van der Waals surface area (Å²) in [5, 5.41) is 9.46. The van der Waals surface area contributed by atoms with Crippen molar-refractivity contribution in [1.29, 1.82) is 0 Å². The van der Waals surface area contributed by atoms with E-state index >= 15 is 0 Å². The summed E-state index contributed by atoms with van der Waals surface area (Å²) in [5.74, 6) is -0.901. The van der Waals surface area contributed by atoms with Crippen molar-refractivity contribution in [3.8, 4) is 5.75 Å². The molecule has 0 saturated carbocycles. The van der Waals surface area contributed by atoms with E-state index in [-0.39, 0.29) is 19.0 Å². The van der Waals surface area contributed by atoms with Gasteiger partial charge in [-0.3, -0.25) is 4.57 Å². The Balaban J connectivity index is 3.13. The van der Waals surface area contributed by atoms with Crippen molar-refractivity contribution in [3.05, 3.63) is 28.2 Å². The number of nitrogens with two attached hydrogens (primary N) is 1. The lowest BCUT2D eigenvalue weighted by molar-refractivity contribution is 0.212. The number of hydrogen-bond acceptors (Lipinski definition) is 5. The maximum atomic E-state index is 12.5. The summed E-state index contributed by atoms with van der Waals surface area (Å²) in [6.45, 7) is 3.91. The lowest BCUT2D eigenvalue weighted by Gasteiger charge is -2.24. The molecular weight excluding hydrogens is 321 g/mol. The van der Waals surface area contributed by atoms with Crippen LogP contribution in [0.3, 0.4) is 0 Å². The molecule has 0 aromatic heterocycles. The van der Waals surface area contributed by atoms with E-state index in [4.69, 9.17) is 14.8 Å². The minimum absolute atomic E-state index is 0.0446. The molecule has 0 aliphatic rings. The van der Waals surface area contributed by atoms with E-state index in [0.29, 0.717) is 10.0 Å². The molecule has 0 fully saturated rings. The van der Waals surface area contributed by atoms with E-state index in [1.165, 1.54) is 12.1 Å². The highest BCUT2D eigenvalue weighted by molar-refractivity contribution is 9.10. The van der Waals surface area contributed by atoms with E-state index in [2.05, 4.69) is 15.9 Å². The first-order chi connectivity index (χ1) is 8.44. The Bertz CT molecular complexity index is 445. The van der Waals surface area contributed by atoms with Crippen LogP contribution < -0.4 is 5.73 Å². The highest BCUT2D eigenvalue weighted by atomic mass is 79.9. The largest absolute Gasteiger partial charge is 0.508 e. The summed E-state index contributed by atoms with van der Waals surface area (Å²) in [4.78, 5) is 0. The van der Waals surface area contributed by atoms with Gasteiger partial charge in [0.05, 0.1) is 13.2 Å². The molecule has 0 aliphatic carbocycles. The molecule has 18 heavy (non-hydrogen) atoms. The van der Waals surface area contributed by atoms with Crippen LogP contribution in [0.15, 0.2) is 22.7 Å². The Morgan fingerprint density at radius 2 is 1.94 bits per heavy atom. The third-order valence-corrected chi connectivity index (χ3v) is 5.17. The molecule has 0 bridgehead atoms. The summed E-state index contributed by atoms with van der Waals surface area (Å²) in [5.41, 5.74) is 6.45. The zero-order chi connectivity index (χ0) is 13.8. The van der Waals surface area contributed by atoms with E-state index in [1.807, 2.05) is 0 Å². The highest BCUT2D eigenvalue weighted by Gasteiger charge is 2.35. The van der Waals surface area contributed by atoms with Crippen LogP contribution in [0.2, 0.25) is 0 Å². The fourth-order valence-electron chi connectivity index (χ4n) is 1.49. The zero-order valence-corrected chi connectivity index (χ0v) is 12.8. The number of phenolic OH excluding ortho intramolecular Hbond substituents is 1. The molecule has 1 aromatic rings. The number of phenols is 1. The molecule has 0 radical (unpaired) electrons. The summed E-state index contributed by atoms with van der Waals surface area (Å²) >= 11 is 3.30. The second-order valence-corrected chi connectivity index (χ2v) is 6.53. The normalized spacial score (nSPS) is 13.6. The van der Waals surface area contributed by atoms with Gasteiger partial charge >= 0.3 is 7.60 Å². The summed E-state index contributed by atoms with van der Waals surface area (Å²) < 4.78 is 23.5. The molecule has 102 valence electrons. The van der Waals surface area contributed by atoms with E-state index < -0.39 is 13.4 Å². The topological polar surface area (TPSA) is 81.8 Å². The molecule has 0 unspecified atom stereocenters. The molecule has 1 aromatic carbocycles. The van der Waals surface area contributed by atoms with Crippen molar-refractivity contribution < 1.29 is 18.7 Å². The minimum atomic E-state index is -3.44. The highest BCUT2D eigenvalue weighted by Crippen LogP contribution is 2.59. The van der Waals surface area contributed by atoms with Crippen LogP contribution in [0.1, 0.15) is 25.2 Å². The molecule has 3 N–H and O–H groups in total. The van der Waals surface area contributed by atoms with Crippen LogP contribution in [0.5, 0.6) is 5.75 Å². The second-order valence-electron chi connectivity index (χ2n) is 3.53. The minimum Gasteiger partial charge on any atom is -0.508 e. The predicted molar refractivity (Wildman–Crippen MR) is 73.6 cm³/mol. The average molecular weight is 338 g/mol. The average Bonchev–Trinajstić information content (AvgIpc) is 2.32. The van der Waals surface area contributed by atoms with Gasteiger partial charge in [0, 0.05) is 4.47 Å². The Kier molecular flexibility index (Phi) is 5.82. The lowest BCUT2D eigenvalue weighted by atomic mass is 10.2. The van der Waals surface area contributed by atoms with Crippen molar-refractivity contribution in [2.45, 2.75) is 19.6 Å². The molecule has 1 atom stereocenters. The fraction of sp³-hybridized carbons (Fsp3) is 0.455. The van der Waals surface area contributed by atoms with Crippen LogP contribution >= 0.6 is 23.5 Å². The number of hydrogen-bond donors (Lipinski definition) is 2. The number of benzene rings is 1. The Morgan fingerprint density at radius 3 is 2.44 bits per heavy atom. The van der Waals surface area contributed by atoms with Gasteiger partial charge in [0.25, 0.3) is 0 Å². The molecular formula is C11H17BrNO4P. The number of halogens is 1. The maximum Gasteiger partial charge on any atom is 0.351 e. The number of rotatable bonds is 6. The van der Waals surface area contributed by atoms with Gasteiger partial charge in [-0.15, -0.1) is 0 Å². The van der Waals surface area contributed by atoms with Gasteiger partial charge in [-0.25, -0.2) is 0 Å². The Labute approximate surface area is 115 Å². The van der Waals surface area contributed by atoms with Gasteiger partial charge in [0.15, 0.2) is 0 Å². The van der Waals surface area contributed by atoms with Crippen molar-refractivity contribution in [3.63, 3.8) is 0 Å².